The van der Waals surface area contributed by atoms with Crippen LogP contribution < -0.4 is 5.43 Å². The molecule has 0 atom stereocenters. The molecule has 0 fully saturated rings. The zero-order valence-corrected chi connectivity index (χ0v) is 14.8. The molecule has 0 aliphatic heterocycles. The largest absolute Gasteiger partial charge is 0.508 e. The van der Waals surface area contributed by atoms with E-state index in [-0.39, 0.29) is 5.75 Å². The number of anilines is 1. The van der Waals surface area contributed by atoms with Crippen molar-refractivity contribution in [3.05, 3.63) is 44.7 Å². The molecule has 0 aliphatic rings. The van der Waals surface area contributed by atoms with Gasteiger partial charge in [0, 0.05) is 10.9 Å². The van der Waals surface area contributed by atoms with Gasteiger partial charge in [-0.15, -0.1) is 22.7 Å². The number of thiazole rings is 2. The molecule has 0 bridgehead atoms. The summed E-state index contributed by atoms with van der Waals surface area (Å²) in [7, 11) is 0. The van der Waals surface area contributed by atoms with Crippen LogP contribution in [0.4, 0.5) is 5.13 Å². The number of benzene rings is 1. The van der Waals surface area contributed by atoms with Crippen molar-refractivity contribution in [3.63, 3.8) is 0 Å². The van der Waals surface area contributed by atoms with Gasteiger partial charge in [-0.05, 0) is 38.1 Å². The van der Waals surface area contributed by atoms with E-state index in [4.69, 9.17) is 11.6 Å². The number of rotatable bonds is 4. The van der Waals surface area contributed by atoms with Gasteiger partial charge in [0.05, 0.1) is 22.0 Å². The maximum atomic E-state index is 9.33. The van der Waals surface area contributed by atoms with E-state index in [1.54, 1.807) is 12.1 Å². The second-order valence-electron chi connectivity index (χ2n) is 4.78. The first-order chi connectivity index (χ1) is 11.0. The Labute approximate surface area is 146 Å². The number of nitrogens with zero attached hydrogens (tertiary/aromatic N) is 3. The van der Waals surface area contributed by atoms with E-state index >= 15 is 0 Å². The first-order valence-electron chi connectivity index (χ1n) is 6.71. The average molecular weight is 365 g/mol. The summed E-state index contributed by atoms with van der Waals surface area (Å²) in [5.74, 6) is 0.237. The maximum absolute atomic E-state index is 9.33. The smallest absolute Gasteiger partial charge is 0.203 e. The number of halogens is 1. The van der Waals surface area contributed by atoms with Crippen LogP contribution in [0.1, 0.15) is 17.5 Å². The highest BCUT2D eigenvalue weighted by atomic mass is 35.5. The van der Waals surface area contributed by atoms with Crippen LogP contribution in [0.15, 0.2) is 34.7 Å². The molecule has 8 heteroatoms. The van der Waals surface area contributed by atoms with E-state index in [0.717, 1.165) is 27.5 Å². The Kier molecular flexibility index (Phi) is 4.61. The van der Waals surface area contributed by atoms with Crippen molar-refractivity contribution in [2.45, 2.75) is 13.8 Å². The molecule has 0 aliphatic carbocycles. The zero-order chi connectivity index (χ0) is 16.4. The van der Waals surface area contributed by atoms with Gasteiger partial charge in [0.15, 0.2) is 4.47 Å². The van der Waals surface area contributed by atoms with E-state index in [2.05, 4.69) is 20.5 Å². The first-order valence-corrected chi connectivity index (χ1v) is 8.79. The Morgan fingerprint density at radius 2 is 2.00 bits per heavy atom. The highest BCUT2D eigenvalue weighted by Gasteiger charge is 2.09. The second kappa shape index (κ2) is 6.66. The summed E-state index contributed by atoms with van der Waals surface area (Å²) in [4.78, 5) is 9.62. The minimum Gasteiger partial charge on any atom is -0.508 e. The number of hydrazone groups is 1. The first kappa shape index (κ1) is 15.9. The number of aromatic nitrogens is 2. The molecule has 0 spiro atoms. The Balaban J connectivity index is 1.75. The van der Waals surface area contributed by atoms with Gasteiger partial charge in [0.25, 0.3) is 0 Å². The lowest BCUT2D eigenvalue weighted by atomic mass is 10.2. The standard InChI is InChI=1S/C15H13ClN4OS2/c1-8-13(23-14(16)17-8)9(2)19-20-15-18-12(7-22-15)10-3-5-11(21)6-4-10/h3-7,21H,1-2H3,(H,18,20)/b19-9+. The van der Waals surface area contributed by atoms with Crippen LogP contribution in [0.5, 0.6) is 5.75 Å². The highest BCUT2D eigenvalue weighted by Crippen LogP contribution is 2.27. The van der Waals surface area contributed by atoms with E-state index in [1.807, 2.05) is 31.4 Å². The summed E-state index contributed by atoms with van der Waals surface area (Å²) in [5, 5.41) is 16.3. The molecular formula is C15H13ClN4OS2. The topological polar surface area (TPSA) is 70.4 Å². The molecule has 1 aromatic carbocycles. The van der Waals surface area contributed by atoms with Crippen LogP contribution in [-0.4, -0.2) is 20.8 Å². The molecule has 3 aromatic rings. The van der Waals surface area contributed by atoms with Gasteiger partial charge < -0.3 is 5.11 Å². The number of phenols is 1. The van der Waals surface area contributed by atoms with Crippen LogP contribution in [-0.2, 0) is 0 Å². The quantitative estimate of drug-likeness (QED) is 0.516. The number of aryl methyl sites for hydroxylation is 1. The lowest BCUT2D eigenvalue weighted by Gasteiger charge is -1.99. The summed E-state index contributed by atoms with van der Waals surface area (Å²) in [6.07, 6.45) is 0. The van der Waals surface area contributed by atoms with Gasteiger partial charge in [-0.3, -0.25) is 5.43 Å². The van der Waals surface area contributed by atoms with Gasteiger partial charge >= 0.3 is 0 Å². The van der Waals surface area contributed by atoms with E-state index < -0.39 is 0 Å². The lowest BCUT2D eigenvalue weighted by molar-refractivity contribution is 0.475. The number of nitrogens with one attached hydrogen (secondary N) is 1. The predicted octanol–water partition coefficient (Wildman–Crippen LogP) is 4.77. The number of aromatic hydroxyl groups is 1. The summed E-state index contributed by atoms with van der Waals surface area (Å²) < 4.78 is 0.510. The van der Waals surface area contributed by atoms with E-state index in [9.17, 15) is 5.11 Å². The monoisotopic (exact) mass is 364 g/mol. The SMILES string of the molecule is C/C(=N\Nc1nc(-c2ccc(O)cc2)cs1)c1sc(Cl)nc1C. The van der Waals surface area contributed by atoms with Crippen LogP contribution in [0.3, 0.4) is 0 Å². The minimum absolute atomic E-state index is 0.237. The Morgan fingerprint density at radius 3 is 2.65 bits per heavy atom. The van der Waals surface area contributed by atoms with Crippen molar-refractivity contribution in [2.24, 2.45) is 5.10 Å². The van der Waals surface area contributed by atoms with Crippen molar-refractivity contribution in [1.82, 2.24) is 9.97 Å². The third kappa shape index (κ3) is 3.69. The van der Waals surface area contributed by atoms with Crippen molar-refractivity contribution < 1.29 is 5.11 Å². The normalized spacial score (nSPS) is 11.7. The van der Waals surface area contributed by atoms with Gasteiger partial charge in [0.2, 0.25) is 5.13 Å². The average Bonchev–Trinajstić information content (AvgIpc) is 3.12. The number of hydrogen-bond acceptors (Lipinski definition) is 7. The molecule has 0 saturated carbocycles. The maximum Gasteiger partial charge on any atom is 0.203 e. The molecule has 23 heavy (non-hydrogen) atoms. The van der Waals surface area contributed by atoms with Gasteiger partial charge in [-0.1, -0.05) is 11.6 Å². The minimum atomic E-state index is 0.237. The molecule has 0 saturated heterocycles. The molecule has 2 aromatic heterocycles. The Hall–Kier alpha value is -1.96. The molecule has 2 heterocycles. The van der Waals surface area contributed by atoms with E-state index in [0.29, 0.717) is 9.60 Å². The van der Waals surface area contributed by atoms with Crippen LogP contribution >= 0.6 is 34.3 Å². The van der Waals surface area contributed by atoms with Crippen LogP contribution in [0.25, 0.3) is 11.3 Å². The molecule has 5 nitrogen and oxygen atoms in total. The number of hydrogen-bond donors (Lipinski definition) is 2. The third-order valence-electron chi connectivity index (χ3n) is 3.09. The molecular weight excluding hydrogens is 352 g/mol. The van der Waals surface area contributed by atoms with Crippen molar-refractivity contribution >= 4 is 45.1 Å². The molecule has 0 amide bonds. The fourth-order valence-corrected chi connectivity index (χ4v) is 3.73. The van der Waals surface area contributed by atoms with Crippen molar-refractivity contribution in [3.8, 4) is 17.0 Å². The van der Waals surface area contributed by atoms with Crippen LogP contribution in [0, 0.1) is 6.92 Å². The van der Waals surface area contributed by atoms with Crippen molar-refractivity contribution in [2.75, 3.05) is 5.43 Å². The predicted molar refractivity (Wildman–Crippen MR) is 96.9 cm³/mol. The summed E-state index contributed by atoms with van der Waals surface area (Å²) in [6, 6.07) is 6.93. The van der Waals surface area contributed by atoms with Crippen LogP contribution in [0.2, 0.25) is 4.47 Å². The zero-order valence-electron chi connectivity index (χ0n) is 12.4. The van der Waals surface area contributed by atoms with Gasteiger partial charge in [0.1, 0.15) is 5.75 Å². The molecule has 2 N–H and O–H groups in total. The van der Waals surface area contributed by atoms with Crippen molar-refractivity contribution in [1.29, 1.82) is 0 Å². The molecule has 3 rings (SSSR count). The summed E-state index contributed by atoms with van der Waals surface area (Å²) in [6.45, 7) is 3.81. The van der Waals surface area contributed by atoms with Gasteiger partial charge in [-0.2, -0.15) is 5.10 Å². The van der Waals surface area contributed by atoms with E-state index in [1.165, 1.54) is 22.7 Å². The fourth-order valence-electron chi connectivity index (χ4n) is 1.97. The molecule has 0 radical (unpaired) electrons. The summed E-state index contributed by atoms with van der Waals surface area (Å²) in [5.41, 5.74) is 6.42. The van der Waals surface area contributed by atoms with Gasteiger partial charge in [-0.25, -0.2) is 9.97 Å². The Bertz CT molecular complexity index is 855. The fraction of sp³-hybridized carbons (Fsp3) is 0.133. The molecule has 118 valence electrons. The second-order valence-corrected chi connectivity index (χ2v) is 7.21. The summed E-state index contributed by atoms with van der Waals surface area (Å²) >= 11 is 8.78. The number of phenolic OH excluding ortho intramolecular Hbond substituents is 1. The lowest BCUT2D eigenvalue weighted by Crippen LogP contribution is -1.99. The Morgan fingerprint density at radius 1 is 1.26 bits per heavy atom. The molecule has 0 unspecified atom stereocenters. The highest BCUT2D eigenvalue weighted by molar-refractivity contribution is 7.17. The third-order valence-corrected chi connectivity index (χ3v) is 5.20.